The molecule has 0 radical (unpaired) electrons. The van der Waals surface area contributed by atoms with Gasteiger partial charge in [-0.1, -0.05) is 25.1 Å². The molecule has 11 nitrogen and oxygen atoms in total. The monoisotopic (exact) mass is 682 g/mol. The van der Waals surface area contributed by atoms with Crippen LogP contribution in [0.25, 0.3) is 38.5 Å². The van der Waals surface area contributed by atoms with Crippen molar-refractivity contribution in [3.63, 3.8) is 0 Å². The number of aromatic nitrogens is 1. The zero-order valence-corrected chi connectivity index (χ0v) is 28.4. The van der Waals surface area contributed by atoms with Crippen molar-refractivity contribution in [3.8, 4) is 17.2 Å². The summed E-state index contributed by atoms with van der Waals surface area (Å²) in [6, 6.07) is 12.7. The number of carbonyl (C=O) groups excluding carboxylic acids is 1. The number of furan rings is 1. The molecule has 0 spiro atoms. The van der Waals surface area contributed by atoms with Gasteiger partial charge in [-0.05, 0) is 50.7 Å². The normalized spacial score (nSPS) is 16.9. The Bertz CT molecular complexity index is 2110. The van der Waals surface area contributed by atoms with Gasteiger partial charge < -0.3 is 38.9 Å². The van der Waals surface area contributed by atoms with Gasteiger partial charge in [0, 0.05) is 75.4 Å². The molecule has 5 heterocycles. The highest BCUT2D eigenvalue weighted by Gasteiger charge is 2.30. The largest absolute Gasteiger partial charge is 0.456 e. The number of fused-ring (bicyclic) bond motifs is 5. The maximum absolute atomic E-state index is 16.0. The molecule has 50 heavy (non-hydrogen) atoms. The van der Waals surface area contributed by atoms with Crippen LogP contribution >= 0.6 is 0 Å². The first-order chi connectivity index (χ1) is 24.5. The van der Waals surface area contributed by atoms with Crippen molar-refractivity contribution in [3.05, 3.63) is 70.3 Å². The van der Waals surface area contributed by atoms with Crippen LogP contribution in [-0.4, -0.2) is 110 Å². The SMILES string of the molecule is CCN1CCN(CCCNC(=O)c2cn3c4c(c(NCCCN5CCOCC5)c(F)cc4c2=O)Oc2cc4c(cc2-3)oc2ccccc24)CC1. The summed E-state index contributed by atoms with van der Waals surface area (Å²) >= 11 is 0. The molecular weight excluding hydrogens is 639 g/mol. The highest BCUT2D eigenvalue weighted by Crippen LogP contribution is 2.47. The van der Waals surface area contributed by atoms with Crippen LogP contribution in [0.15, 0.2) is 57.9 Å². The molecule has 0 unspecified atom stereocenters. The van der Waals surface area contributed by atoms with Gasteiger partial charge in [0.1, 0.15) is 27.9 Å². The summed E-state index contributed by atoms with van der Waals surface area (Å²) in [7, 11) is 0. The predicted octanol–water partition coefficient (Wildman–Crippen LogP) is 5.03. The number of morpholine rings is 1. The van der Waals surface area contributed by atoms with Gasteiger partial charge in [0.05, 0.1) is 24.3 Å². The maximum Gasteiger partial charge on any atom is 0.256 e. The van der Waals surface area contributed by atoms with Gasteiger partial charge in [-0.3, -0.25) is 14.5 Å². The van der Waals surface area contributed by atoms with E-state index in [9.17, 15) is 9.59 Å². The van der Waals surface area contributed by atoms with E-state index < -0.39 is 17.2 Å². The molecule has 3 aliphatic heterocycles. The van der Waals surface area contributed by atoms with E-state index in [0.717, 1.165) is 101 Å². The molecule has 3 aromatic carbocycles. The van der Waals surface area contributed by atoms with E-state index >= 15 is 4.39 Å². The van der Waals surface area contributed by atoms with Gasteiger partial charge in [-0.15, -0.1) is 0 Å². The molecular formula is C38H43FN6O5. The molecule has 0 bridgehead atoms. The first-order valence-corrected chi connectivity index (χ1v) is 17.8. The smallest absolute Gasteiger partial charge is 0.256 e. The van der Waals surface area contributed by atoms with E-state index in [1.54, 1.807) is 10.8 Å². The fourth-order valence-electron chi connectivity index (χ4n) is 7.43. The van der Waals surface area contributed by atoms with Crippen molar-refractivity contribution in [2.24, 2.45) is 0 Å². The summed E-state index contributed by atoms with van der Waals surface area (Å²) in [5, 5.41) is 8.07. The third-order valence-corrected chi connectivity index (χ3v) is 10.3. The number of nitrogens with zero attached hydrogens (tertiary/aromatic N) is 4. The number of pyridine rings is 1. The number of anilines is 1. The third-order valence-electron chi connectivity index (χ3n) is 10.3. The standard InChI is InChI=1S/C38H43FN6O5/c1-2-42-13-15-43(16-14-42)11-6-10-41-38(47)28-24-45-30-23-32-26(25-7-3-4-8-31(25)49-32)22-33(30)50-37-34(29(39)21-27(35(37)45)36(28)46)40-9-5-12-44-17-19-48-20-18-44/h3-4,7-8,21-24,40H,2,5-6,9-20H2,1H3,(H,41,47). The molecule has 0 aliphatic carbocycles. The summed E-state index contributed by atoms with van der Waals surface area (Å²) in [6.07, 6.45) is 3.11. The number of benzene rings is 3. The second-order valence-corrected chi connectivity index (χ2v) is 13.3. The second-order valence-electron chi connectivity index (χ2n) is 13.3. The van der Waals surface area contributed by atoms with Gasteiger partial charge in [0.25, 0.3) is 5.91 Å². The molecule has 262 valence electrons. The summed E-state index contributed by atoms with van der Waals surface area (Å²) in [6.45, 7) is 13.2. The number of ether oxygens (including phenoxy) is 2. The van der Waals surface area contributed by atoms with Crippen molar-refractivity contribution in [2.75, 3.05) is 90.5 Å². The molecule has 0 saturated carbocycles. The average molecular weight is 683 g/mol. The minimum atomic E-state index is -0.610. The molecule has 8 rings (SSSR count). The average Bonchev–Trinajstić information content (AvgIpc) is 3.51. The Morgan fingerprint density at radius 3 is 2.40 bits per heavy atom. The van der Waals surface area contributed by atoms with Gasteiger partial charge in [0.2, 0.25) is 5.43 Å². The number of carbonyl (C=O) groups is 1. The van der Waals surface area contributed by atoms with Crippen molar-refractivity contribution in [2.45, 2.75) is 19.8 Å². The zero-order chi connectivity index (χ0) is 34.2. The Balaban J connectivity index is 1.11. The molecule has 0 atom stereocenters. The number of nitrogens with one attached hydrogen (secondary N) is 2. The Labute approximate surface area is 289 Å². The van der Waals surface area contributed by atoms with Crippen LogP contribution in [0.3, 0.4) is 0 Å². The van der Waals surface area contributed by atoms with Crippen molar-refractivity contribution in [1.29, 1.82) is 0 Å². The Morgan fingerprint density at radius 2 is 1.60 bits per heavy atom. The minimum Gasteiger partial charge on any atom is -0.456 e. The lowest BCUT2D eigenvalue weighted by atomic mass is 10.0. The van der Waals surface area contributed by atoms with Gasteiger partial charge in [0.15, 0.2) is 17.3 Å². The van der Waals surface area contributed by atoms with Crippen molar-refractivity contribution >= 4 is 44.4 Å². The van der Waals surface area contributed by atoms with Crippen LogP contribution in [0.2, 0.25) is 0 Å². The molecule has 2 saturated heterocycles. The Hall–Kier alpha value is -4.49. The lowest BCUT2D eigenvalue weighted by Gasteiger charge is -2.33. The van der Waals surface area contributed by atoms with Crippen molar-refractivity contribution in [1.82, 2.24) is 24.6 Å². The van der Waals surface area contributed by atoms with E-state index in [1.165, 1.54) is 6.07 Å². The van der Waals surface area contributed by atoms with E-state index in [-0.39, 0.29) is 22.4 Å². The molecule has 12 heteroatoms. The molecule has 2 N–H and O–H groups in total. The number of amides is 1. The number of rotatable bonds is 11. The number of hydrogen-bond donors (Lipinski definition) is 2. The van der Waals surface area contributed by atoms with Crippen LogP contribution in [0, 0.1) is 5.82 Å². The maximum atomic E-state index is 16.0. The molecule has 2 fully saturated rings. The van der Waals surface area contributed by atoms with E-state index in [4.69, 9.17) is 13.9 Å². The third kappa shape index (κ3) is 6.21. The summed E-state index contributed by atoms with van der Waals surface area (Å²) in [5.41, 5.74) is 1.96. The summed E-state index contributed by atoms with van der Waals surface area (Å²) in [5.74, 6) is -0.403. The van der Waals surface area contributed by atoms with Gasteiger partial charge >= 0.3 is 0 Å². The van der Waals surface area contributed by atoms with Crippen LogP contribution in [0.1, 0.15) is 30.1 Å². The number of halogens is 1. The second kappa shape index (κ2) is 14.0. The number of para-hydroxylation sites is 1. The van der Waals surface area contributed by atoms with Crippen LogP contribution in [-0.2, 0) is 4.74 Å². The quantitative estimate of drug-likeness (QED) is 0.182. The molecule has 5 aromatic rings. The minimum absolute atomic E-state index is 0.0526. The van der Waals surface area contributed by atoms with Crippen molar-refractivity contribution < 1.29 is 23.1 Å². The van der Waals surface area contributed by atoms with E-state index in [0.29, 0.717) is 35.6 Å². The van der Waals surface area contributed by atoms with Crippen LogP contribution in [0.4, 0.5) is 10.1 Å². The predicted molar refractivity (Wildman–Crippen MR) is 193 cm³/mol. The van der Waals surface area contributed by atoms with E-state index in [1.807, 2.05) is 36.4 Å². The van der Waals surface area contributed by atoms with Gasteiger partial charge in [-0.2, -0.15) is 0 Å². The fourth-order valence-corrected chi connectivity index (χ4v) is 7.43. The summed E-state index contributed by atoms with van der Waals surface area (Å²) in [4.78, 5) is 34.7. The topological polar surface area (TPSA) is 104 Å². The zero-order valence-electron chi connectivity index (χ0n) is 28.4. The fraction of sp³-hybridized carbons (Fsp3) is 0.421. The lowest BCUT2D eigenvalue weighted by molar-refractivity contribution is 0.0378. The number of piperazine rings is 1. The lowest BCUT2D eigenvalue weighted by Crippen LogP contribution is -2.46. The molecule has 1 amide bonds. The highest BCUT2D eigenvalue weighted by atomic mass is 19.1. The first kappa shape index (κ1) is 32.7. The highest BCUT2D eigenvalue weighted by molar-refractivity contribution is 6.07. The van der Waals surface area contributed by atoms with Crippen LogP contribution < -0.4 is 20.8 Å². The molecule has 3 aliphatic rings. The Morgan fingerprint density at radius 1 is 0.860 bits per heavy atom. The molecule has 2 aromatic heterocycles. The number of hydrogen-bond acceptors (Lipinski definition) is 9. The van der Waals surface area contributed by atoms with E-state index in [2.05, 4.69) is 32.3 Å². The van der Waals surface area contributed by atoms with Crippen LogP contribution in [0.5, 0.6) is 11.5 Å². The Kier molecular flexibility index (Phi) is 9.17. The van der Waals surface area contributed by atoms with Gasteiger partial charge in [-0.25, -0.2) is 4.39 Å². The summed E-state index contributed by atoms with van der Waals surface area (Å²) < 4.78 is 36.0. The number of likely N-dealkylation sites (N-methyl/N-ethyl adjacent to an activating group) is 1. The first-order valence-electron chi connectivity index (χ1n) is 17.8.